The Balaban J connectivity index is 2.00. The Kier molecular flexibility index (Phi) is 3.30. The number of hydrogen-bond donors (Lipinski definition) is 0. The van der Waals surface area contributed by atoms with Crippen LogP contribution in [0.3, 0.4) is 0 Å². The molecule has 0 aliphatic heterocycles. The first kappa shape index (κ1) is 12.5. The second-order valence-electron chi connectivity index (χ2n) is 4.77. The molecule has 0 radical (unpaired) electrons. The summed E-state index contributed by atoms with van der Waals surface area (Å²) < 4.78 is 0. The predicted octanol–water partition coefficient (Wildman–Crippen LogP) is 4.49. The van der Waals surface area contributed by atoms with Gasteiger partial charge in [-0.1, -0.05) is 49.4 Å². The largest absolute Gasteiger partial charge is 0.294 e. The molecule has 0 N–H and O–H groups in total. The quantitative estimate of drug-likeness (QED) is 0.650. The lowest BCUT2D eigenvalue weighted by atomic mass is 10.0. The molecule has 2 heteroatoms. The van der Waals surface area contributed by atoms with Crippen molar-refractivity contribution in [1.82, 2.24) is 4.98 Å². The molecular formula is C18H15NO. The minimum atomic E-state index is 0.174. The van der Waals surface area contributed by atoms with Crippen molar-refractivity contribution in [3.63, 3.8) is 0 Å². The zero-order chi connectivity index (χ0) is 13.9. The van der Waals surface area contributed by atoms with E-state index in [4.69, 9.17) is 0 Å². The van der Waals surface area contributed by atoms with E-state index in [2.05, 4.69) is 17.1 Å². The van der Waals surface area contributed by atoms with Gasteiger partial charge in [0.15, 0.2) is 5.78 Å². The molecule has 0 bridgehead atoms. The Hall–Kier alpha value is -2.48. The summed E-state index contributed by atoms with van der Waals surface area (Å²) in [6.07, 6.45) is 2.41. The van der Waals surface area contributed by atoms with Gasteiger partial charge in [-0.3, -0.25) is 9.78 Å². The fourth-order valence-electron chi connectivity index (χ4n) is 2.28. The Bertz CT molecular complexity index is 760. The minimum absolute atomic E-state index is 0.174. The molecule has 0 saturated carbocycles. The molecule has 0 fully saturated rings. The van der Waals surface area contributed by atoms with E-state index in [1.165, 1.54) is 0 Å². The van der Waals surface area contributed by atoms with Crippen molar-refractivity contribution >= 4 is 16.7 Å². The molecule has 98 valence electrons. The first-order valence-electron chi connectivity index (χ1n) is 6.76. The SMILES string of the molecule is CCC(=O)c1ccc(-c2cnc3ccccc3c2)cc1. The van der Waals surface area contributed by atoms with Gasteiger partial charge in [-0.2, -0.15) is 0 Å². The molecule has 0 unspecified atom stereocenters. The number of benzene rings is 2. The van der Waals surface area contributed by atoms with Gasteiger partial charge in [-0.25, -0.2) is 0 Å². The van der Waals surface area contributed by atoms with Crippen LogP contribution in [0.15, 0.2) is 60.8 Å². The molecule has 0 spiro atoms. The number of pyridine rings is 1. The van der Waals surface area contributed by atoms with Crippen molar-refractivity contribution in [2.45, 2.75) is 13.3 Å². The average molecular weight is 261 g/mol. The Morgan fingerprint density at radius 1 is 1.00 bits per heavy atom. The molecule has 0 amide bonds. The lowest BCUT2D eigenvalue weighted by Gasteiger charge is -2.05. The molecule has 3 rings (SSSR count). The van der Waals surface area contributed by atoms with E-state index >= 15 is 0 Å². The normalized spacial score (nSPS) is 10.7. The van der Waals surface area contributed by atoms with E-state index in [0.29, 0.717) is 6.42 Å². The van der Waals surface area contributed by atoms with Crippen LogP contribution in [0.4, 0.5) is 0 Å². The second kappa shape index (κ2) is 5.25. The van der Waals surface area contributed by atoms with Crippen LogP contribution < -0.4 is 0 Å². The van der Waals surface area contributed by atoms with E-state index < -0.39 is 0 Å². The topological polar surface area (TPSA) is 30.0 Å². The highest BCUT2D eigenvalue weighted by molar-refractivity contribution is 5.96. The molecule has 0 aliphatic carbocycles. The highest BCUT2D eigenvalue weighted by Gasteiger charge is 2.04. The van der Waals surface area contributed by atoms with Crippen LogP contribution in [0, 0.1) is 0 Å². The lowest BCUT2D eigenvalue weighted by molar-refractivity contribution is 0.0988. The van der Waals surface area contributed by atoms with E-state index in [1.807, 2.05) is 55.6 Å². The van der Waals surface area contributed by atoms with Crippen molar-refractivity contribution in [2.75, 3.05) is 0 Å². The third-order valence-electron chi connectivity index (χ3n) is 3.45. The van der Waals surface area contributed by atoms with Gasteiger partial charge in [0.2, 0.25) is 0 Å². The first-order valence-corrected chi connectivity index (χ1v) is 6.76. The summed E-state index contributed by atoms with van der Waals surface area (Å²) >= 11 is 0. The van der Waals surface area contributed by atoms with E-state index in [1.54, 1.807) is 0 Å². The number of ketones is 1. The number of rotatable bonds is 3. The molecule has 20 heavy (non-hydrogen) atoms. The van der Waals surface area contributed by atoms with Gasteiger partial charge in [0.25, 0.3) is 0 Å². The van der Waals surface area contributed by atoms with Gasteiger partial charge in [0.1, 0.15) is 0 Å². The van der Waals surface area contributed by atoms with Crippen LogP contribution in [-0.4, -0.2) is 10.8 Å². The minimum Gasteiger partial charge on any atom is -0.294 e. The van der Waals surface area contributed by atoms with Crippen LogP contribution in [0.2, 0.25) is 0 Å². The number of aromatic nitrogens is 1. The van der Waals surface area contributed by atoms with E-state index in [-0.39, 0.29) is 5.78 Å². The fourth-order valence-corrected chi connectivity index (χ4v) is 2.28. The van der Waals surface area contributed by atoms with Crippen LogP contribution in [0.25, 0.3) is 22.0 Å². The Morgan fingerprint density at radius 2 is 1.75 bits per heavy atom. The smallest absolute Gasteiger partial charge is 0.162 e. The zero-order valence-electron chi connectivity index (χ0n) is 11.3. The maximum atomic E-state index is 11.6. The third kappa shape index (κ3) is 2.32. The summed E-state index contributed by atoms with van der Waals surface area (Å²) in [6, 6.07) is 17.9. The number of para-hydroxylation sites is 1. The van der Waals surface area contributed by atoms with E-state index in [9.17, 15) is 4.79 Å². The molecule has 0 saturated heterocycles. The average Bonchev–Trinajstić information content (AvgIpc) is 2.54. The molecule has 1 aromatic heterocycles. The number of nitrogens with zero attached hydrogens (tertiary/aromatic N) is 1. The number of hydrogen-bond acceptors (Lipinski definition) is 2. The van der Waals surface area contributed by atoms with Gasteiger partial charge in [-0.15, -0.1) is 0 Å². The van der Waals surface area contributed by atoms with Gasteiger partial charge >= 0.3 is 0 Å². The summed E-state index contributed by atoms with van der Waals surface area (Å²) in [5.41, 5.74) is 3.91. The van der Waals surface area contributed by atoms with Crippen LogP contribution in [0.5, 0.6) is 0 Å². The van der Waals surface area contributed by atoms with Crippen LogP contribution in [0.1, 0.15) is 23.7 Å². The van der Waals surface area contributed by atoms with Gasteiger partial charge in [-0.05, 0) is 17.7 Å². The molecule has 0 aliphatic rings. The van der Waals surface area contributed by atoms with Gasteiger partial charge in [0.05, 0.1) is 5.52 Å². The third-order valence-corrected chi connectivity index (χ3v) is 3.45. The Labute approximate surface area is 118 Å². The van der Waals surface area contributed by atoms with Crippen molar-refractivity contribution in [2.24, 2.45) is 0 Å². The second-order valence-corrected chi connectivity index (χ2v) is 4.77. The summed E-state index contributed by atoms with van der Waals surface area (Å²) in [7, 11) is 0. The molecule has 2 aromatic carbocycles. The molecule has 1 heterocycles. The number of carbonyl (C=O) groups excluding carboxylic acids is 1. The lowest BCUT2D eigenvalue weighted by Crippen LogP contribution is -1.95. The monoisotopic (exact) mass is 261 g/mol. The summed E-state index contributed by atoms with van der Waals surface area (Å²) in [5, 5.41) is 1.12. The maximum Gasteiger partial charge on any atom is 0.162 e. The van der Waals surface area contributed by atoms with E-state index in [0.717, 1.165) is 27.6 Å². The summed E-state index contributed by atoms with van der Waals surface area (Å²) in [6.45, 7) is 1.88. The number of Topliss-reactive ketones (excluding diaryl/α,β-unsaturated/α-hetero) is 1. The molecule has 2 nitrogen and oxygen atoms in total. The van der Waals surface area contributed by atoms with Crippen LogP contribution in [-0.2, 0) is 0 Å². The van der Waals surface area contributed by atoms with Crippen molar-refractivity contribution in [3.8, 4) is 11.1 Å². The highest BCUT2D eigenvalue weighted by Crippen LogP contribution is 2.23. The van der Waals surface area contributed by atoms with Crippen molar-refractivity contribution < 1.29 is 4.79 Å². The Morgan fingerprint density at radius 3 is 2.50 bits per heavy atom. The van der Waals surface area contributed by atoms with Crippen molar-refractivity contribution in [1.29, 1.82) is 0 Å². The highest BCUT2D eigenvalue weighted by atomic mass is 16.1. The summed E-state index contributed by atoms with van der Waals surface area (Å²) in [4.78, 5) is 16.1. The number of carbonyl (C=O) groups is 1. The van der Waals surface area contributed by atoms with Crippen LogP contribution >= 0.6 is 0 Å². The predicted molar refractivity (Wildman–Crippen MR) is 81.8 cm³/mol. The van der Waals surface area contributed by atoms with Crippen molar-refractivity contribution in [3.05, 3.63) is 66.4 Å². The van der Waals surface area contributed by atoms with Gasteiger partial charge in [0, 0.05) is 29.1 Å². The first-order chi connectivity index (χ1) is 9.78. The molecular weight excluding hydrogens is 246 g/mol. The standard InChI is InChI=1S/C18H15NO/c1-2-18(20)14-9-7-13(8-10-14)16-11-15-5-3-4-6-17(15)19-12-16/h3-12H,2H2,1H3. The zero-order valence-corrected chi connectivity index (χ0v) is 11.3. The molecule has 0 atom stereocenters. The fraction of sp³-hybridized carbons (Fsp3) is 0.111. The molecule has 3 aromatic rings. The number of fused-ring (bicyclic) bond motifs is 1. The summed E-state index contributed by atoms with van der Waals surface area (Å²) in [5.74, 6) is 0.174. The maximum absolute atomic E-state index is 11.6. The van der Waals surface area contributed by atoms with Gasteiger partial charge < -0.3 is 0 Å².